The quantitative estimate of drug-likeness (QED) is 0.591. The van der Waals surface area contributed by atoms with Gasteiger partial charge in [-0.15, -0.1) is 11.8 Å². The van der Waals surface area contributed by atoms with E-state index in [4.69, 9.17) is 10.5 Å². The molecule has 1 aromatic heterocycles. The summed E-state index contributed by atoms with van der Waals surface area (Å²) in [6, 6.07) is 9.07. The number of nitrogens with one attached hydrogen (secondary N) is 1. The van der Waals surface area contributed by atoms with E-state index in [0.29, 0.717) is 11.6 Å². The van der Waals surface area contributed by atoms with Crippen molar-refractivity contribution in [3.8, 4) is 0 Å². The molecule has 1 fully saturated rings. The van der Waals surface area contributed by atoms with Crippen molar-refractivity contribution in [3.63, 3.8) is 0 Å². The first-order valence-corrected chi connectivity index (χ1v) is 10.4. The Morgan fingerprint density at radius 1 is 1.27 bits per heavy atom. The van der Waals surface area contributed by atoms with Gasteiger partial charge < -0.3 is 15.4 Å². The molecule has 0 radical (unpaired) electrons. The number of nitrogens with two attached hydrogens (primary N) is 1. The molecule has 10 nitrogen and oxygen atoms in total. The Labute approximate surface area is 176 Å². The van der Waals surface area contributed by atoms with Crippen LogP contribution in [0.3, 0.4) is 0 Å². The van der Waals surface area contributed by atoms with Crippen molar-refractivity contribution >= 4 is 35.1 Å². The topological polar surface area (TPSA) is 131 Å². The number of aromatic amines is 1. The van der Waals surface area contributed by atoms with Gasteiger partial charge in [-0.2, -0.15) is 0 Å². The fourth-order valence-electron chi connectivity index (χ4n) is 3.09. The Hall–Kier alpha value is -3.05. The highest BCUT2D eigenvalue weighted by atomic mass is 32.2. The van der Waals surface area contributed by atoms with Crippen LogP contribution in [0.2, 0.25) is 0 Å². The first-order chi connectivity index (χ1) is 14.4. The zero-order chi connectivity index (χ0) is 21.7. The summed E-state index contributed by atoms with van der Waals surface area (Å²) in [6.45, 7) is 0.181. The van der Waals surface area contributed by atoms with Crippen LogP contribution in [0.25, 0.3) is 0 Å². The van der Waals surface area contributed by atoms with E-state index in [0.717, 1.165) is 10.1 Å². The van der Waals surface area contributed by atoms with Crippen LogP contribution >= 0.6 is 11.8 Å². The van der Waals surface area contributed by atoms with Gasteiger partial charge in [-0.3, -0.25) is 28.8 Å². The maximum Gasteiger partial charge on any atom is 0.330 e. The van der Waals surface area contributed by atoms with E-state index in [-0.39, 0.29) is 43.7 Å². The Morgan fingerprint density at radius 3 is 2.63 bits per heavy atom. The Kier molecular flexibility index (Phi) is 6.95. The van der Waals surface area contributed by atoms with Crippen LogP contribution in [0.4, 0.5) is 11.5 Å². The van der Waals surface area contributed by atoms with Crippen LogP contribution in [0.15, 0.2) is 39.9 Å². The molecular formula is C19H23N5O5S. The largest absolute Gasteiger partial charge is 0.383 e. The summed E-state index contributed by atoms with van der Waals surface area (Å²) in [5.41, 5.74) is 5.35. The van der Waals surface area contributed by atoms with Crippen molar-refractivity contribution in [2.24, 2.45) is 0 Å². The summed E-state index contributed by atoms with van der Waals surface area (Å²) in [7, 11) is 1.48. The molecular weight excluding hydrogens is 410 g/mol. The third-order valence-corrected chi connectivity index (χ3v) is 5.58. The predicted octanol–water partition coefficient (Wildman–Crippen LogP) is -0.169. The lowest BCUT2D eigenvalue weighted by molar-refractivity contribution is -0.131. The third kappa shape index (κ3) is 4.74. The normalized spacial score (nSPS) is 13.6. The molecule has 0 unspecified atom stereocenters. The zero-order valence-corrected chi connectivity index (χ0v) is 17.3. The highest BCUT2D eigenvalue weighted by Crippen LogP contribution is 2.21. The number of H-pyrrole nitrogens is 1. The highest BCUT2D eigenvalue weighted by molar-refractivity contribution is 8.00. The second kappa shape index (κ2) is 9.63. The van der Waals surface area contributed by atoms with E-state index >= 15 is 0 Å². The molecule has 0 bridgehead atoms. The van der Waals surface area contributed by atoms with Crippen molar-refractivity contribution in [1.82, 2.24) is 14.5 Å². The maximum atomic E-state index is 13.2. The highest BCUT2D eigenvalue weighted by Gasteiger charge is 2.29. The number of hydrogen-bond donors (Lipinski definition) is 2. The van der Waals surface area contributed by atoms with Gasteiger partial charge in [0.2, 0.25) is 11.8 Å². The van der Waals surface area contributed by atoms with E-state index in [1.54, 1.807) is 0 Å². The summed E-state index contributed by atoms with van der Waals surface area (Å²) in [6.07, 6.45) is 0. The first-order valence-electron chi connectivity index (χ1n) is 9.23. The van der Waals surface area contributed by atoms with E-state index in [2.05, 4.69) is 4.98 Å². The van der Waals surface area contributed by atoms with Crippen LogP contribution in [0.1, 0.15) is 5.56 Å². The smallest absolute Gasteiger partial charge is 0.330 e. The first kappa shape index (κ1) is 21.7. The Balaban J connectivity index is 2.03. The summed E-state index contributed by atoms with van der Waals surface area (Å²) in [5, 5.41) is 0. The Morgan fingerprint density at radius 2 is 2.00 bits per heavy atom. The molecule has 0 saturated carbocycles. The molecule has 0 atom stereocenters. The molecule has 1 aliphatic rings. The number of carbonyl (C=O) groups is 2. The molecule has 2 heterocycles. The van der Waals surface area contributed by atoms with Crippen molar-refractivity contribution in [2.75, 3.05) is 42.5 Å². The lowest BCUT2D eigenvalue weighted by atomic mass is 10.2. The van der Waals surface area contributed by atoms with Gasteiger partial charge in [-0.25, -0.2) is 4.79 Å². The third-order valence-electron chi connectivity index (χ3n) is 4.64. The molecule has 2 aromatic rings. The fraction of sp³-hybridized carbons (Fsp3) is 0.368. The van der Waals surface area contributed by atoms with E-state index in [9.17, 15) is 19.2 Å². The van der Waals surface area contributed by atoms with E-state index in [1.807, 2.05) is 30.3 Å². The number of rotatable bonds is 8. The molecule has 0 aliphatic carbocycles. The number of thioether (sulfide) groups is 1. The van der Waals surface area contributed by atoms with Crippen LogP contribution in [0, 0.1) is 0 Å². The van der Waals surface area contributed by atoms with Crippen molar-refractivity contribution in [3.05, 3.63) is 56.7 Å². The van der Waals surface area contributed by atoms with Crippen LogP contribution in [-0.2, 0) is 27.4 Å². The molecule has 3 rings (SSSR count). The number of carbonyl (C=O) groups excluding carboxylic acids is 2. The minimum atomic E-state index is -0.766. The fourth-order valence-corrected chi connectivity index (χ4v) is 3.99. The van der Waals surface area contributed by atoms with Gasteiger partial charge in [0, 0.05) is 7.11 Å². The standard InChI is InChI=1S/C19H23N5O5S/c1-29-8-7-23-17(20)16(18(27)21-19(23)28)24(9-13-5-3-2-4-6-13)14(25)10-22-12-30-11-15(22)26/h2-6H,7-12,20H2,1H3,(H,21,27,28). The van der Waals surface area contributed by atoms with Crippen LogP contribution in [-0.4, -0.2) is 58.2 Å². The monoisotopic (exact) mass is 433 g/mol. The van der Waals surface area contributed by atoms with Crippen molar-refractivity contribution in [1.29, 1.82) is 0 Å². The second-order valence-electron chi connectivity index (χ2n) is 6.67. The lowest BCUT2D eigenvalue weighted by Gasteiger charge is -2.26. The molecule has 160 valence electrons. The van der Waals surface area contributed by atoms with Crippen molar-refractivity contribution in [2.45, 2.75) is 13.1 Å². The summed E-state index contributed by atoms with van der Waals surface area (Å²) < 4.78 is 6.15. The Bertz CT molecular complexity index is 1040. The SMILES string of the molecule is COCCn1c(N)c(N(Cc2ccccc2)C(=O)CN2CSCC2=O)c(=O)[nH]c1=O. The van der Waals surface area contributed by atoms with Crippen LogP contribution in [0.5, 0.6) is 0 Å². The molecule has 2 amide bonds. The molecule has 1 aromatic carbocycles. The summed E-state index contributed by atoms with van der Waals surface area (Å²) in [5.74, 6) is -0.0181. The van der Waals surface area contributed by atoms with E-state index < -0.39 is 17.2 Å². The predicted molar refractivity (Wildman–Crippen MR) is 114 cm³/mol. The molecule has 1 aliphatic heterocycles. The maximum absolute atomic E-state index is 13.2. The van der Waals surface area contributed by atoms with E-state index in [1.165, 1.54) is 28.7 Å². The number of nitrogen functional groups attached to an aromatic ring is 1. The number of methoxy groups -OCH3 is 1. The summed E-state index contributed by atoms with van der Waals surface area (Å²) in [4.78, 5) is 54.9. The molecule has 11 heteroatoms. The number of benzene rings is 1. The zero-order valence-electron chi connectivity index (χ0n) is 16.5. The number of amides is 2. The van der Waals surface area contributed by atoms with Crippen LogP contribution < -0.4 is 21.9 Å². The van der Waals surface area contributed by atoms with Gasteiger partial charge >= 0.3 is 5.69 Å². The number of anilines is 2. The second-order valence-corrected chi connectivity index (χ2v) is 7.63. The summed E-state index contributed by atoms with van der Waals surface area (Å²) >= 11 is 1.42. The number of nitrogens with zero attached hydrogens (tertiary/aromatic N) is 3. The minimum Gasteiger partial charge on any atom is -0.383 e. The molecule has 0 spiro atoms. The minimum absolute atomic E-state index is 0.0601. The number of hydrogen-bond acceptors (Lipinski definition) is 7. The van der Waals surface area contributed by atoms with Gasteiger partial charge in [0.15, 0.2) is 5.69 Å². The molecule has 3 N–H and O–H groups in total. The number of ether oxygens (including phenoxy) is 1. The van der Waals surface area contributed by atoms with Gasteiger partial charge in [-0.05, 0) is 5.56 Å². The van der Waals surface area contributed by atoms with Gasteiger partial charge in [0.1, 0.15) is 12.4 Å². The average molecular weight is 433 g/mol. The molecule has 1 saturated heterocycles. The van der Waals surface area contributed by atoms with Crippen molar-refractivity contribution < 1.29 is 14.3 Å². The van der Waals surface area contributed by atoms with Gasteiger partial charge in [-0.1, -0.05) is 30.3 Å². The number of aromatic nitrogens is 2. The molecule has 30 heavy (non-hydrogen) atoms. The average Bonchev–Trinajstić information content (AvgIpc) is 3.12. The lowest BCUT2D eigenvalue weighted by Crippen LogP contribution is -2.45. The van der Waals surface area contributed by atoms with Gasteiger partial charge in [0.05, 0.1) is 31.3 Å². The van der Waals surface area contributed by atoms with Gasteiger partial charge in [0.25, 0.3) is 5.56 Å².